The van der Waals surface area contributed by atoms with Crippen molar-refractivity contribution >= 4 is 56.5 Å². The summed E-state index contributed by atoms with van der Waals surface area (Å²) in [5.41, 5.74) is 3.30. The van der Waals surface area contributed by atoms with Crippen LogP contribution in [0.5, 0.6) is 11.5 Å². The molecule has 2 aromatic carbocycles. The minimum Gasteiger partial charge on any atom is -0.492 e. The van der Waals surface area contributed by atoms with Crippen LogP contribution in [0.3, 0.4) is 0 Å². The van der Waals surface area contributed by atoms with Gasteiger partial charge in [0.25, 0.3) is 11.1 Å². The van der Waals surface area contributed by atoms with Crippen molar-refractivity contribution < 1.29 is 23.9 Å². The van der Waals surface area contributed by atoms with E-state index < -0.39 is 17.1 Å². The summed E-state index contributed by atoms with van der Waals surface area (Å²) >= 11 is 4.23. The minimum atomic E-state index is -0.513. The van der Waals surface area contributed by atoms with E-state index in [-0.39, 0.29) is 11.4 Å². The molecule has 168 valence electrons. The zero-order chi connectivity index (χ0) is 23.4. The summed E-state index contributed by atoms with van der Waals surface area (Å²) in [6.07, 6.45) is 1.60. The highest BCUT2D eigenvalue weighted by Gasteiger charge is 2.36. The molecule has 3 amide bonds. The lowest BCUT2D eigenvalue weighted by Gasteiger charge is -2.13. The van der Waals surface area contributed by atoms with Gasteiger partial charge in [0.2, 0.25) is 5.91 Å². The van der Waals surface area contributed by atoms with Crippen LogP contribution in [0.15, 0.2) is 39.7 Å². The van der Waals surface area contributed by atoms with E-state index in [4.69, 9.17) is 9.47 Å². The van der Waals surface area contributed by atoms with Crippen molar-refractivity contribution in [3.8, 4) is 11.5 Å². The first-order chi connectivity index (χ1) is 15.2. The van der Waals surface area contributed by atoms with Gasteiger partial charge >= 0.3 is 0 Å². The van der Waals surface area contributed by atoms with E-state index in [1.165, 1.54) is 7.11 Å². The van der Waals surface area contributed by atoms with Crippen LogP contribution in [0, 0.1) is 13.8 Å². The van der Waals surface area contributed by atoms with E-state index in [9.17, 15) is 14.4 Å². The molecule has 3 rings (SSSR count). The van der Waals surface area contributed by atoms with Crippen molar-refractivity contribution in [2.24, 2.45) is 0 Å². The Morgan fingerprint density at radius 1 is 1.16 bits per heavy atom. The van der Waals surface area contributed by atoms with Crippen molar-refractivity contribution in [2.75, 3.05) is 25.6 Å². The van der Waals surface area contributed by atoms with Gasteiger partial charge in [-0.25, -0.2) is 0 Å². The molecule has 2 aromatic rings. The van der Waals surface area contributed by atoms with Crippen molar-refractivity contribution in [2.45, 2.75) is 20.8 Å². The van der Waals surface area contributed by atoms with Crippen LogP contribution in [0.4, 0.5) is 10.5 Å². The van der Waals surface area contributed by atoms with Crippen LogP contribution in [-0.4, -0.2) is 42.2 Å². The zero-order valence-corrected chi connectivity index (χ0v) is 20.6. The van der Waals surface area contributed by atoms with Crippen LogP contribution in [0.2, 0.25) is 0 Å². The number of carbonyl (C=O) groups is 3. The third kappa shape index (κ3) is 5.52. The van der Waals surface area contributed by atoms with E-state index in [1.54, 1.807) is 18.2 Å². The van der Waals surface area contributed by atoms with Gasteiger partial charge in [-0.05, 0) is 95.5 Å². The number of methoxy groups -OCH3 is 1. The second kappa shape index (κ2) is 10.2. The Kier molecular flexibility index (Phi) is 7.63. The van der Waals surface area contributed by atoms with Crippen molar-refractivity contribution in [3.05, 3.63) is 56.4 Å². The number of halogens is 1. The average molecular weight is 519 g/mol. The molecule has 1 heterocycles. The standard InChI is InChI=1S/C23H23BrN2O5S/c1-5-31-18-10-15(9-17(24)21(18)30-4)11-19-22(28)26(23(29)32-19)12-20(27)25-16-7-13(2)6-14(3)8-16/h6-11H,5,12H2,1-4H3,(H,25,27)/b19-11+. The zero-order valence-electron chi connectivity index (χ0n) is 18.2. The molecule has 0 unspecified atom stereocenters. The molecule has 1 saturated heterocycles. The number of aryl methyl sites for hydroxylation is 2. The first-order valence-corrected chi connectivity index (χ1v) is 11.5. The number of hydrogen-bond donors (Lipinski definition) is 1. The van der Waals surface area contributed by atoms with Gasteiger partial charge in [0.1, 0.15) is 6.54 Å². The molecule has 1 aliphatic heterocycles. The first kappa shape index (κ1) is 23.9. The van der Waals surface area contributed by atoms with Gasteiger partial charge in [0, 0.05) is 5.69 Å². The summed E-state index contributed by atoms with van der Waals surface area (Å²) in [7, 11) is 1.54. The number of rotatable bonds is 7. The maximum atomic E-state index is 12.8. The average Bonchev–Trinajstić information content (AvgIpc) is 2.94. The van der Waals surface area contributed by atoms with Gasteiger partial charge < -0.3 is 14.8 Å². The Morgan fingerprint density at radius 2 is 1.84 bits per heavy atom. The van der Waals surface area contributed by atoms with Crippen LogP contribution < -0.4 is 14.8 Å². The Bertz CT molecular complexity index is 1100. The highest BCUT2D eigenvalue weighted by Crippen LogP contribution is 2.39. The van der Waals surface area contributed by atoms with Gasteiger partial charge in [-0.15, -0.1) is 0 Å². The summed E-state index contributed by atoms with van der Waals surface area (Å²) in [6, 6.07) is 9.15. The highest BCUT2D eigenvalue weighted by atomic mass is 79.9. The van der Waals surface area contributed by atoms with E-state index >= 15 is 0 Å². The van der Waals surface area contributed by atoms with Crippen LogP contribution in [-0.2, 0) is 9.59 Å². The largest absolute Gasteiger partial charge is 0.492 e. The molecule has 1 aliphatic rings. The lowest BCUT2D eigenvalue weighted by Crippen LogP contribution is -2.36. The smallest absolute Gasteiger partial charge is 0.294 e. The molecular weight excluding hydrogens is 496 g/mol. The predicted molar refractivity (Wildman–Crippen MR) is 129 cm³/mol. The number of ether oxygens (including phenoxy) is 2. The molecule has 0 saturated carbocycles. The number of benzene rings is 2. The second-order valence-corrected chi connectivity index (χ2v) is 9.01. The Balaban J connectivity index is 1.77. The van der Waals surface area contributed by atoms with Crippen LogP contribution in [0.25, 0.3) is 6.08 Å². The topological polar surface area (TPSA) is 84.9 Å². The van der Waals surface area contributed by atoms with Crippen molar-refractivity contribution in [1.29, 1.82) is 0 Å². The number of nitrogens with zero attached hydrogens (tertiary/aromatic N) is 1. The lowest BCUT2D eigenvalue weighted by atomic mass is 10.1. The summed E-state index contributed by atoms with van der Waals surface area (Å²) in [5.74, 6) is 0.104. The van der Waals surface area contributed by atoms with E-state index in [0.717, 1.165) is 27.8 Å². The van der Waals surface area contributed by atoms with E-state index in [1.807, 2.05) is 39.0 Å². The van der Waals surface area contributed by atoms with Gasteiger partial charge in [-0.3, -0.25) is 19.3 Å². The number of anilines is 1. The van der Waals surface area contributed by atoms with Gasteiger partial charge in [-0.2, -0.15) is 0 Å². The van der Waals surface area contributed by atoms with E-state index in [0.29, 0.717) is 33.8 Å². The molecule has 0 atom stereocenters. The maximum Gasteiger partial charge on any atom is 0.294 e. The SMILES string of the molecule is CCOc1cc(/C=C2/SC(=O)N(CC(=O)Nc3cc(C)cc(C)c3)C2=O)cc(Br)c1OC. The number of nitrogens with one attached hydrogen (secondary N) is 1. The monoisotopic (exact) mass is 518 g/mol. The summed E-state index contributed by atoms with van der Waals surface area (Å²) in [4.78, 5) is 38.8. The van der Waals surface area contributed by atoms with Gasteiger partial charge in [0.15, 0.2) is 11.5 Å². The van der Waals surface area contributed by atoms with Gasteiger partial charge in [-0.1, -0.05) is 6.07 Å². The summed E-state index contributed by atoms with van der Waals surface area (Å²) in [6.45, 7) is 5.80. The Hall–Kier alpha value is -2.78. The third-order valence-electron chi connectivity index (χ3n) is 4.51. The number of amides is 3. The number of thioether (sulfide) groups is 1. The minimum absolute atomic E-state index is 0.230. The quantitative estimate of drug-likeness (QED) is 0.510. The third-order valence-corrected chi connectivity index (χ3v) is 6.01. The molecule has 0 aromatic heterocycles. The molecule has 0 radical (unpaired) electrons. The Labute approximate surface area is 199 Å². The molecule has 0 bridgehead atoms. The molecule has 7 nitrogen and oxygen atoms in total. The number of carbonyl (C=O) groups excluding carboxylic acids is 3. The van der Waals surface area contributed by atoms with E-state index in [2.05, 4.69) is 21.2 Å². The molecule has 0 spiro atoms. The lowest BCUT2D eigenvalue weighted by molar-refractivity contribution is -0.127. The van der Waals surface area contributed by atoms with Crippen LogP contribution in [0.1, 0.15) is 23.6 Å². The molecule has 9 heteroatoms. The van der Waals surface area contributed by atoms with Crippen molar-refractivity contribution in [3.63, 3.8) is 0 Å². The van der Waals surface area contributed by atoms with Crippen LogP contribution >= 0.6 is 27.7 Å². The fourth-order valence-electron chi connectivity index (χ4n) is 3.31. The predicted octanol–water partition coefficient (Wildman–Crippen LogP) is 5.15. The first-order valence-electron chi connectivity index (χ1n) is 9.85. The molecule has 1 N–H and O–H groups in total. The summed E-state index contributed by atoms with van der Waals surface area (Å²) in [5, 5.41) is 2.26. The number of imide groups is 1. The van der Waals surface area contributed by atoms with Crippen molar-refractivity contribution in [1.82, 2.24) is 4.90 Å². The maximum absolute atomic E-state index is 12.8. The molecule has 1 fully saturated rings. The molecular formula is C23H23BrN2O5S. The summed E-state index contributed by atoms with van der Waals surface area (Å²) < 4.78 is 11.6. The fraction of sp³-hybridized carbons (Fsp3) is 0.261. The second-order valence-electron chi connectivity index (χ2n) is 7.16. The molecule has 0 aliphatic carbocycles. The highest BCUT2D eigenvalue weighted by molar-refractivity contribution is 9.10. The fourth-order valence-corrected chi connectivity index (χ4v) is 4.77. The number of hydrogen-bond acceptors (Lipinski definition) is 6. The molecule has 32 heavy (non-hydrogen) atoms. The normalized spacial score (nSPS) is 14.8. The van der Waals surface area contributed by atoms with Gasteiger partial charge in [0.05, 0.1) is 23.1 Å². The Morgan fingerprint density at radius 3 is 2.47 bits per heavy atom.